The molecule has 132 valence electrons. The second-order valence-electron chi connectivity index (χ2n) is 6.95. The van der Waals surface area contributed by atoms with Gasteiger partial charge in [0.1, 0.15) is 6.04 Å². The van der Waals surface area contributed by atoms with E-state index in [9.17, 15) is 14.4 Å². The van der Waals surface area contributed by atoms with Crippen LogP contribution in [0.3, 0.4) is 0 Å². The van der Waals surface area contributed by atoms with Gasteiger partial charge in [0, 0.05) is 0 Å². The van der Waals surface area contributed by atoms with Crippen LogP contribution < -0.4 is 22.5 Å². The summed E-state index contributed by atoms with van der Waals surface area (Å²) in [6, 6.07) is -0.719. The number of nitrogens with two attached hydrogens (primary N) is 3. The molecule has 1 saturated carbocycles. The molecule has 3 amide bonds. The van der Waals surface area contributed by atoms with Gasteiger partial charge in [0.25, 0.3) is 0 Å². The Bertz CT molecular complexity index is 447. The molecule has 0 aromatic rings. The topological polar surface area (TPSA) is 141 Å². The number of carbonyl (C=O) groups is 3. The lowest BCUT2D eigenvalue weighted by Crippen LogP contribution is -2.50. The van der Waals surface area contributed by atoms with E-state index in [-0.39, 0.29) is 11.8 Å². The van der Waals surface area contributed by atoms with Crippen LogP contribution in [-0.4, -0.2) is 30.3 Å². The van der Waals surface area contributed by atoms with Gasteiger partial charge in [-0.1, -0.05) is 20.3 Å². The highest BCUT2D eigenvalue weighted by atomic mass is 16.2. The van der Waals surface area contributed by atoms with Crippen LogP contribution in [0, 0.1) is 17.3 Å². The predicted octanol–water partition coefficient (Wildman–Crippen LogP) is 0.0133. The largest absolute Gasteiger partial charge is 0.369 e. The van der Waals surface area contributed by atoms with Gasteiger partial charge in [0.15, 0.2) is 0 Å². The molecule has 0 saturated heterocycles. The molecule has 1 aliphatic rings. The number of primary amides is 2. The summed E-state index contributed by atoms with van der Waals surface area (Å²) >= 11 is 0. The van der Waals surface area contributed by atoms with Gasteiger partial charge in [-0.2, -0.15) is 0 Å². The van der Waals surface area contributed by atoms with E-state index in [4.69, 9.17) is 17.2 Å². The molecule has 0 aliphatic heterocycles. The number of hydrogen-bond donors (Lipinski definition) is 4. The summed E-state index contributed by atoms with van der Waals surface area (Å²) in [6.45, 7) is 4.44. The van der Waals surface area contributed by atoms with Gasteiger partial charge in [-0.25, -0.2) is 0 Å². The molecular formula is C16H30N4O3. The summed E-state index contributed by atoms with van der Waals surface area (Å²) < 4.78 is 0. The average Bonchev–Trinajstić information content (AvgIpc) is 3.23. The molecule has 7 nitrogen and oxygen atoms in total. The van der Waals surface area contributed by atoms with Crippen molar-refractivity contribution in [2.75, 3.05) is 6.54 Å². The van der Waals surface area contributed by atoms with Crippen LogP contribution in [0.25, 0.3) is 0 Å². The zero-order chi connectivity index (χ0) is 17.6. The first-order valence-corrected chi connectivity index (χ1v) is 8.34. The van der Waals surface area contributed by atoms with E-state index < -0.39 is 29.2 Å². The lowest BCUT2D eigenvalue weighted by molar-refractivity contribution is -0.137. The number of hydrogen-bond acceptors (Lipinski definition) is 4. The van der Waals surface area contributed by atoms with Crippen LogP contribution in [0.2, 0.25) is 0 Å². The highest BCUT2D eigenvalue weighted by Gasteiger charge is 2.56. The number of rotatable bonds is 11. The molecule has 0 radical (unpaired) electrons. The first kappa shape index (κ1) is 19.4. The number of carbonyl (C=O) groups excluding carboxylic acids is 3. The third-order valence-electron chi connectivity index (χ3n) is 4.58. The van der Waals surface area contributed by atoms with Gasteiger partial charge in [-0.15, -0.1) is 0 Å². The fraction of sp³-hybridized carbons (Fsp3) is 0.812. The van der Waals surface area contributed by atoms with Crippen LogP contribution in [0.5, 0.6) is 0 Å². The van der Waals surface area contributed by atoms with Crippen molar-refractivity contribution in [3.05, 3.63) is 0 Å². The van der Waals surface area contributed by atoms with E-state index in [0.29, 0.717) is 32.2 Å². The molecule has 7 heteroatoms. The molecule has 1 aliphatic carbocycles. The van der Waals surface area contributed by atoms with Gasteiger partial charge < -0.3 is 22.5 Å². The Morgan fingerprint density at radius 2 is 1.74 bits per heavy atom. The molecule has 7 N–H and O–H groups in total. The van der Waals surface area contributed by atoms with Crippen LogP contribution >= 0.6 is 0 Å². The molecule has 0 bridgehead atoms. The smallest absolute Gasteiger partial charge is 0.240 e. The Balaban J connectivity index is 2.82. The molecular weight excluding hydrogens is 296 g/mol. The van der Waals surface area contributed by atoms with Crippen LogP contribution in [-0.2, 0) is 14.4 Å². The quantitative estimate of drug-likeness (QED) is 0.397. The maximum atomic E-state index is 12.7. The second-order valence-corrected chi connectivity index (χ2v) is 6.95. The molecule has 23 heavy (non-hydrogen) atoms. The third kappa shape index (κ3) is 5.20. The normalized spacial score (nSPS) is 18.3. The van der Waals surface area contributed by atoms with Gasteiger partial charge in [0.05, 0.1) is 11.3 Å². The number of amides is 3. The zero-order valence-corrected chi connectivity index (χ0v) is 14.1. The van der Waals surface area contributed by atoms with Crippen molar-refractivity contribution in [1.82, 2.24) is 5.32 Å². The second kappa shape index (κ2) is 8.29. The Kier molecular flexibility index (Phi) is 7.00. The minimum Gasteiger partial charge on any atom is -0.369 e. The fourth-order valence-corrected chi connectivity index (χ4v) is 3.04. The zero-order valence-electron chi connectivity index (χ0n) is 14.1. The van der Waals surface area contributed by atoms with Crippen LogP contribution in [0.1, 0.15) is 52.4 Å². The summed E-state index contributed by atoms with van der Waals surface area (Å²) in [6.07, 6.45) is 3.78. The van der Waals surface area contributed by atoms with Crippen LogP contribution in [0.4, 0.5) is 0 Å². The minimum atomic E-state index is -0.765. The Morgan fingerprint density at radius 1 is 1.13 bits per heavy atom. The van der Waals surface area contributed by atoms with E-state index >= 15 is 0 Å². The maximum absolute atomic E-state index is 12.7. The summed E-state index contributed by atoms with van der Waals surface area (Å²) in [5.41, 5.74) is 15.6. The van der Waals surface area contributed by atoms with Gasteiger partial charge in [-0.3, -0.25) is 14.4 Å². The maximum Gasteiger partial charge on any atom is 0.240 e. The molecule has 0 spiro atoms. The van der Waals surface area contributed by atoms with Crippen molar-refractivity contribution in [2.45, 2.75) is 58.4 Å². The molecule has 0 aromatic carbocycles. The first-order chi connectivity index (χ1) is 10.7. The van der Waals surface area contributed by atoms with E-state index in [2.05, 4.69) is 5.32 Å². The molecule has 0 heterocycles. The number of unbranched alkanes of at least 4 members (excludes halogenated alkanes) is 1. The lowest BCUT2D eigenvalue weighted by atomic mass is 9.83. The molecule has 2 atom stereocenters. The average molecular weight is 326 g/mol. The first-order valence-electron chi connectivity index (χ1n) is 8.34. The summed E-state index contributed by atoms with van der Waals surface area (Å²) in [4.78, 5) is 36.0. The van der Waals surface area contributed by atoms with Crippen molar-refractivity contribution >= 4 is 17.7 Å². The Hall–Kier alpha value is -1.63. The van der Waals surface area contributed by atoms with Crippen molar-refractivity contribution in [3.8, 4) is 0 Å². The van der Waals surface area contributed by atoms with Crippen molar-refractivity contribution < 1.29 is 14.4 Å². The van der Waals surface area contributed by atoms with Crippen molar-refractivity contribution in [3.63, 3.8) is 0 Å². The van der Waals surface area contributed by atoms with Crippen molar-refractivity contribution in [1.29, 1.82) is 0 Å². The minimum absolute atomic E-state index is 0.217. The lowest BCUT2D eigenvalue weighted by Gasteiger charge is -2.26. The molecule has 0 unspecified atom stereocenters. The number of nitrogens with one attached hydrogen (secondary N) is 1. The summed E-state index contributed by atoms with van der Waals surface area (Å²) in [5, 5.41) is 2.72. The Labute approximate surface area is 137 Å². The van der Waals surface area contributed by atoms with Gasteiger partial charge in [0.2, 0.25) is 17.7 Å². The summed E-state index contributed by atoms with van der Waals surface area (Å²) in [7, 11) is 0. The van der Waals surface area contributed by atoms with Crippen LogP contribution in [0.15, 0.2) is 0 Å². The van der Waals surface area contributed by atoms with E-state index in [1.54, 1.807) is 0 Å². The van der Waals surface area contributed by atoms with Gasteiger partial charge >= 0.3 is 0 Å². The fourth-order valence-electron chi connectivity index (χ4n) is 3.04. The molecule has 0 aromatic heterocycles. The third-order valence-corrected chi connectivity index (χ3v) is 4.58. The predicted molar refractivity (Wildman–Crippen MR) is 87.8 cm³/mol. The standard InChI is InChI=1S/C16H30N4O3/c1-10(2)9-12(13(18)21)20-14(22)11(5-3-4-8-17)16(6-7-16)15(19)23/h10-12H,3-9,17H2,1-2H3,(H2,18,21)(H2,19,23)(H,20,22)/t11-,12+/m1/s1. The molecule has 1 rings (SSSR count). The van der Waals surface area contributed by atoms with E-state index in [1.807, 2.05) is 13.8 Å². The highest BCUT2D eigenvalue weighted by molar-refractivity contribution is 5.94. The molecule has 1 fully saturated rings. The summed E-state index contributed by atoms with van der Waals surface area (Å²) in [5.74, 6) is -1.60. The van der Waals surface area contributed by atoms with Crippen molar-refractivity contribution in [2.24, 2.45) is 34.5 Å². The monoisotopic (exact) mass is 326 g/mol. The van der Waals surface area contributed by atoms with E-state index in [1.165, 1.54) is 0 Å². The van der Waals surface area contributed by atoms with E-state index in [0.717, 1.165) is 12.8 Å². The SMILES string of the molecule is CC(C)C[C@H](NC(=O)[C@@H](CCCCN)C1(C(N)=O)CC1)C(N)=O. The van der Waals surface area contributed by atoms with Gasteiger partial charge in [-0.05, 0) is 44.6 Å². The Morgan fingerprint density at radius 3 is 2.13 bits per heavy atom. The highest BCUT2D eigenvalue weighted by Crippen LogP contribution is 2.53.